The predicted octanol–water partition coefficient (Wildman–Crippen LogP) is 4.18. The van der Waals surface area contributed by atoms with Crippen LogP contribution in [0.4, 0.5) is 0 Å². The first-order valence-corrected chi connectivity index (χ1v) is 8.47. The second-order valence-corrected chi connectivity index (χ2v) is 6.06. The van der Waals surface area contributed by atoms with E-state index in [1.807, 2.05) is 37.3 Å². The number of hydrogen-bond acceptors (Lipinski definition) is 4. The average molecular weight is 313 g/mol. The van der Waals surface area contributed by atoms with Gasteiger partial charge in [0.05, 0.1) is 12.3 Å². The second-order valence-electron chi connectivity index (χ2n) is 6.06. The summed E-state index contributed by atoms with van der Waals surface area (Å²) in [4.78, 5) is 17.7. The van der Waals surface area contributed by atoms with Gasteiger partial charge in [-0.25, -0.2) is 4.79 Å². The van der Waals surface area contributed by atoms with Crippen LogP contribution in [0.3, 0.4) is 0 Å². The lowest BCUT2D eigenvalue weighted by molar-refractivity contribution is -0.137. The lowest BCUT2D eigenvalue weighted by atomic mass is 9.81. The fourth-order valence-corrected chi connectivity index (χ4v) is 3.37. The summed E-state index contributed by atoms with van der Waals surface area (Å²) in [5.74, 6) is 0.0654. The van der Waals surface area contributed by atoms with E-state index in [0.29, 0.717) is 12.5 Å². The molecule has 1 aromatic rings. The van der Waals surface area contributed by atoms with Gasteiger partial charge in [0.2, 0.25) is 0 Å². The standard InChI is InChI=1S/C19H23NO3/c1-2-22-17(21)13-16-18(14-9-5-3-6-10-14)20-23-19(16)15-11-7-4-8-12-15/h4,7-8,11-14,19H,2-3,5-6,9-10H2,1H3/b16-13-. The van der Waals surface area contributed by atoms with Crippen LogP contribution in [0.5, 0.6) is 0 Å². The number of carbonyl (C=O) groups is 1. The largest absolute Gasteiger partial charge is 0.463 e. The van der Waals surface area contributed by atoms with Crippen LogP contribution in [0, 0.1) is 5.92 Å². The number of carbonyl (C=O) groups excluding carboxylic acids is 1. The van der Waals surface area contributed by atoms with Gasteiger partial charge in [-0.15, -0.1) is 0 Å². The van der Waals surface area contributed by atoms with Crippen LogP contribution in [0.1, 0.15) is 50.7 Å². The van der Waals surface area contributed by atoms with Crippen LogP contribution in [0.25, 0.3) is 0 Å². The van der Waals surface area contributed by atoms with Crippen molar-refractivity contribution >= 4 is 11.7 Å². The van der Waals surface area contributed by atoms with Crippen LogP contribution in [0.2, 0.25) is 0 Å². The van der Waals surface area contributed by atoms with Crippen LogP contribution in [0.15, 0.2) is 47.1 Å². The van der Waals surface area contributed by atoms with Gasteiger partial charge in [-0.2, -0.15) is 0 Å². The summed E-state index contributed by atoms with van der Waals surface area (Å²) in [6.45, 7) is 2.18. The molecule has 1 atom stereocenters. The maximum absolute atomic E-state index is 12.0. The van der Waals surface area contributed by atoms with Crippen molar-refractivity contribution < 1.29 is 14.4 Å². The maximum atomic E-state index is 12.0. The van der Waals surface area contributed by atoms with E-state index in [4.69, 9.17) is 9.57 Å². The zero-order chi connectivity index (χ0) is 16.1. The molecule has 0 saturated heterocycles. The highest BCUT2D eigenvalue weighted by Crippen LogP contribution is 2.38. The Kier molecular flexibility index (Phi) is 5.11. The lowest BCUT2D eigenvalue weighted by Crippen LogP contribution is -2.20. The monoisotopic (exact) mass is 313 g/mol. The average Bonchev–Trinajstić information content (AvgIpc) is 3.00. The van der Waals surface area contributed by atoms with Gasteiger partial charge in [0, 0.05) is 17.6 Å². The molecule has 0 aromatic heterocycles. The van der Waals surface area contributed by atoms with E-state index in [1.165, 1.54) is 19.3 Å². The van der Waals surface area contributed by atoms with E-state index >= 15 is 0 Å². The number of hydrogen-bond donors (Lipinski definition) is 0. The Balaban J connectivity index is 1.88. The van der Waals surface area contributed by atoms with Gasteiger partial charge in [0.1, 0.15) is 0 Å². The topological polar surface area (TPSA) is 47.9 Å². The van der Waals surface area contributed by atoms with Crippen molar-refractivity contribution in [3.8, 4) is 0 Å². The zero-order valence-corrected chi connectivity index (χ0v) is 13.5. The maximum Gasteiger partial charge on any atom is 0.331 e. The Labute approximate surface area is 137 Å². The Morgan fingerprint density at radius 2 is 2.00 bits per heavy atom. The molecule has 1 heterocycles. The lowest BCUT2D eigenvalue weighted by Gasteiger charge is -2.22. The highest BCUT2D eigenvalue weighted by Gasteiger charge is 2.34. The molecule has 1 saturated carbocycles. The number of nitrogens with zero attached hydrogens (tertiary/aromatic N) is 1. The van der Waals surface area contributed by atoms with E-state index in [9.17, 15) is 4.79 Å². The summed E-state index contributed by atoms with van der Waals surface area (Å²) in [6, 6.07) is 9.92. The number of oxime groups is 1. The molecule has 1 unspecified atom stereocenters. The molecule has 4 heteroatoms. The van der Waals surface area contributed by atoms with Gasteiger partial charge in [0.15, 0.2) is 6.10 Å². The predicted molar refractivity (Wildman–Crippen MR) is 89.0 cm³/mol. The van der Waals surface area contributed by atoms with E-state index < -0.39 is 0 Å². The molecular weight excluding hydrogens is 290 g/mol. The van der Waals surface area contributed by atoms with E-state index in [-0.39, 0.29) is 12.1 Å². The Morgan fingerprint density at radius 3 is 2.70 bits per heavy atom. The summed E-state index contributed by atoms with van der Waals surface area (Å²) in [6.07, 6.45) is 7.20. The summed E-state index contributed by atoms with van der Waals surface area (Å²) in [5, 5.41) is 4.35. The van der Waals surface area contributed by atoms with Gasteiger partial charge >= 0.3 is 5.97 Å². The molecule has 0 spiro atoms. The molecule has 0 N–H and O–H groups in total. The molecule has 2 aliphatic rings. The number of benzene rings is 1. The normalized spacial score (nSPS) is 23.4. The summed E-state index contributed by atoms with van der Waals surface area (Å²) >= 11 is 0. The van der Waals surface area contributed by atoms with Gasteiger partial charge in [-0.3, -0.25) is 0 Å². The van der Waals surface area contributed by atoms with Crippen molar-refractivity contribution in [3.05, 3.63) is 47.5 Å². The minimum Gasteiger partial charge on any atom is -0.463 e. The minimum atomic E-state index is -0.322. The molecule has 0 bridgehead atoms. The van der Waals surface area contributed by atoms with Crippen molar-refractivity contribution in [2.45, 2.75) is 45.1 Å². The second kappa shape index (κ2) is 7.44. The van der Waals surface area contributed by atoms with Crippen molar-refractivity contribution in [2.24, 2.45) is 11.1 Å². The van der Waals surface area contributed by atoms with Gasteiger partial charge in [-0.1, -0.05) is 54.8 Å². The third kappa shape index (κ3) is 3.63. The van der Waals surface area contributed by atoms with E-state index in [1.54, 1.807) is 6.08 Å². The molecular formula is C19H23NO3. The minimum absolute atomic E-state index is 0.308. The van der Waals surface area contributed by atoms with Gasteiger partial charge in [-0.05, 0) is 25.3 Å². The molecule has 1 aliphatic heterocycles. The van der Waals surface area contributed by atoms with E-state index in [0.717, 1.165) is 29.7 Å². The highest BCUT2D eigenvalue weighted by atomic mass is 16.6. The Hall–Kier alpha value is -2.10. The smallest absolute Gasteiger partial charge is 0.331 e. The molecule has 1 aliphatic carbocycles. The molecule has 1 fully saturated rings. The van der Waals surface area contributed by atoms with Crippen molar-refractivity contribution in [3.63, 3.8) is 0 Å². The molecule has 4 nitrogen and oxygen atoms in total. The summed E-state index contributed by atoms with van der Waals surface area (Å²) in [7, 11) is 0. The van der Waals surface area contributed by atoms with Crippen molar-refractivity contribution in [2.75, 3.05) is 6.61 Å². The molecule has 122 valence electrons. The summed E-state index contributed by atoms with van der Waals surface area (Å²) in [5.41, 5.74) is 2.81. The third-order valence-electron chi connectivity index (χ3n) is 4.49. The summed E-state index contributed by atoms with van der Waals surface area (Å²) < 4.78 is 5.10. The first kappa shape index (κ1) is 15.8. The Bertz CT molecular complexity index is 600. The molecule has 23 heavy (non-hydrogen) atoms. The van der Waals surface area contributed by atoms with Crippen LogP contribution < -0.4 is 0 Å². The number of esters is 1. The molecule has 3 rings (SSSR count). The zero-order valence-electron chi connectivity index (χ0n) is 13.5. The molecule has 0 radical (unpaired) electrons. The SMILES string of the molecule is CCOC(=O)/C=C1/C(C2CCCCC2)=NOC1c1ccccc1. The molecule has 0 amide bonds. The highest BCUT2D eigenvalue weighted by molar-refractivity contribution is 6.07. The van der Waals surface area contributed by atoms with Crippen molar-refractivity contribution in [1.82, 2.24) is 0 Å². The van der Waals surface area contributed by atoms with Crippen LogP contribution in [-0.4, -0.2) is 18.3 Å². The van der Waals surface area contributed by atoms with Gasteiger partial charge < -0.3 is 9.57 Å². The van der Waals surface area contributed by atoms with Gasteiger partial charge in [0.25, 0.3) is 0 Å². The Morgan fingerprint density at radius 1 is 1.26 bits per heavy atom. The first-order valence-electron chi connectivity index (χ1n) is 8.47. The van der Waals surface area contributed by atoms with E-state index in [2.05, 4.69) is 5.16 Å². The van der Waals surface area contributed by atoms with Crippen LogP contribution >= 0.6 is 0 Å². The number of rotatable bonds is 4. The first-order chi connectivity index (χ1) is 11.3. The van der Waals surface area contributed by atoms with Crippen molar-refractivity contribution in [1.29, 1.82) is 0 Å². The third-order valence-corrected chi connectivity index (χ3v) is 4.49. The molecule has 1 aromatic carbocycles. The fraction of sp³-hybridized carbons (Fsp3) is 0.474. The quantitative estimate of drug-likeness (QED) is 0.619. The number of ether oxygens (including phenoxy) is 1. The van der Waals surface area contributed by atoms with Crippen LogP contribution in [-0.2, 0) is 14.4 Å². The fourth-order valence-electron chi connectivity index (χ4n) is 3.37.